The fraction of sp³-hybridized carbons (Fsp3) is 0.833. The molecule has 2 fully saturated rings. The van der Waals surface area contributed by atoms with Gasteiger partial charge in [-0.2, -0.15) is 0 Å². The first-order valence-corrected chi connectivity index (χ1v) is 6.47. The zero-order valence-electron chi connectivity index (χ0n) is 10.9. The maximum absolute atomic E-state index is 12.1. The first-order chi connectivity index (χ1) is 8.58. The Hall–Kier alpha value is -1.14. The normalized spacial score (nSPS) is 33.3. The molecule has 0 spiro atoms. The molecule has 2 aliphatic heterocycles. The standard InChI is InChI=1S/C12H21N3O3/c1-8-11(13-5-6-18-8)12(17)14-9-3-4-10(16)15(2)7-9/h8-9,11,13H,3-7H2,1-2H3,(H,14,17)/t8-,9?,11+/m1/s1. The van der Waals surface area contributed by atoms with Crippen LogP contribution in [-0.4, -0.2) is 61.6 Å². The molecule has 2 heterocycles. The second kappa shape index (κ2) is 5.67. The molecular formula is C12H21N3O3. The number of nitrogens with zero attached hydrogens (tertiary/aromatic N) is 1. The Morgan fingerprint density at radius 2 is 2.33 bits per heavy atom. The lowest BCUT2D eigenvalue weighted by atomic mass is 10.0. The van der Waals surface area contributed by atoms with E-state index in [9.17, 15) is 9.59 Å². The minimum atomic E-state index is -0.290. The number of carbonyl (C=O) groups is 2. The summed E-state index contributed by atoms with van der Waals surface area (Å²) in [5.41, 5.74) is 0. The van der Waals surface area contributed by atoms with E-state index in [1.165, 1.54) is 0 Å². The van der Waals surface area contributed by atoms with E-state index in [0.29, 0.717) is 26.1 Å². The number of hydrogen-bond acceptors (Lipinski definition) is 4. The van der Waals surface area contributed by atoms with Gasteiger partial charge in [0.2, 0.25) is 11.8 Å². The molecule has 2 rings (SSSR count). The topological polar surface area (TPSA) is 70.7 Å². The molecule has 2 saturated heterocycles. The third-order valence-corrected chi connectivity index (χ3v) is 3.57. The van der Waals surface area contributed by atoms with Gasteiger partial charge in [0.1, 0.15) is 6.04 Å². The largest absolute Gasteiger partial charge is 0.375 e. The van der Waals surface area contributed by atoms with E-state index in [2.05, 4.69) is 10.6 Å². The van der Waals surface area contributed by atoms with Crippen molar-refractivity contribution in [3.63, 3.8) is 0 Å². The van der Waals surface area contributed by atoms with Crippen molar-refractivity contribution in [1.29, 1.82) is 0 Å². The zero-order chi connectivity index (χ0) is 13.1. The summed E-state index contributed by atoms with van der Waals surface area (Å²) < 4.78 is 5.45. The highest BCUT2D eigenvalue weighted by Crippen LogP contribution is 2.11. The van der Waals surface area contributed by atoms with Crippen LogP contribution in [0.25, 0.3) is 0 Å². The van der Waals surface area contributed by atoms with E-state index in [1.54, 1.807) is 11.9 Å². The van der Waals surface area contributed by atoms with Crippen LogP contribution < -0.4 is 10.6 Å². The maximum Gasteiger partial charge on any atom is 0.240 e. The van der Waals surface area contributed by atoms with E-state index in [-0.39, 0.29) is 30.0 Å². The van der Waals surface area contributed by atoms with Gasteiger partial charge in [-0.25, -0.2) is 0 Å². The van der Waals surface area contributed by atoms with Gasteiger partial charge in [-0.15, -0.1) is 0 Å². The van der Waals surface area contributed by atoms with E-state index in [0.717, 1.165) is 6.42 Å². The fourth-order valence-electron chi connectivity index (χ4n) is 2.45. The molecule has 0 aromatic heterocycles. The minimum absolute atomic E-state index is 0.0325. The Bertz CT molecular complexity index is 335. The molecule has 18 heavy (non-hydrogen) atoms. The van der Waals surface area contributed by atoms with Gasteiger partial charge in [-0.05, 0) is 13.3 Å². The second-order valence-corrected chi connectivity index (χ2v) is 5.03. The molecule has 0 aromatic carbocycles. The summed E-state index contributed by atoms with van der Waals surface area (Å²) in [6.07, 6.45) is 1.12. The van der Waals surface area contributed by atoms with E-state index in [1.807, 2.05) is 6.92 Å². The van der Waals surface area contributed by atoms with E-state index >= 15 is 0 Å². The number of likely N-dealkylation sites (tertiary alicyclic amines) is 1. The molecule has 0 bridgehead atoms. The Morgan fingerprint density at radius 1 is 1.56 bits per heavy atom. The van der Waals surface area contributed by atoms with Crippen molar-refractivity contribution in [2.75, 3.05) is 26.7 Å². The minimum Gasteiger partial charge on any atom is -0.375 e. The molecule has 6 nitrogen and oxygen atoms in total. The van der Waals surface area contributed by atoms with Gasteiger partial charge in [0.05, 0.1) is 12.7 Å². The number of nitrogens with one attached hydrogen (secondary N) is 2. The Labute approximate surface area is 107 Å². The van der Waals surface area contributed by atoms with Crippen molar-refractivity contribution < 1.29 is 14.3 Å². The first-order valence-electron chi connectivity index (χ1n) is 6.47. The van der Waals surface area contributed by atoms with E-state index < -0.39 is 0 Å². The number of likely N-dealkylation sites (N-methyl/N-ethyl adjacent to an activating group) is 1. The molecule has 102 valence electrons. The molecule has 6 heteroatoms. The number of morpholine rings is 1. The van der Waals surface area contributed by atoms with Crippen molar-refractivity contribution in [3.8, 4) is 0 Å². The maximum atomic E-state index is 12.1. The van der Waals surface area contributed by atoms with Crippen molar-refractivity contribution in [3.05, 3.63) is 0 Å². The molecule has 2 N–H and O–H groups in total. The molecule has 2 aliphatic rings. The number of hydrogen-bond donors (Lipinski definition) is 2. The summed E-state index contributed by atoms with van der Waals surface area (Å²) in [4.78, 5) is 25.1. The van der Waals surface area contributed by atoms with Crippen LogP contribution in [0.15, 0.2) is 0 Å². The lowest BCUT2D eigenvalue weighted by Crippen LogP contribution is -2.59. The Balaban J connectivity index is 1.85. The molecular weight excluding hydrogens is 234 g/mol. The quantitative estimate of drug-likeness (QED) is 0.671. The van der Waals surface area contributed by atoms with Gasteiger partial charge >= 0.3 is 0 Å². The van der Waals surface area contributed by atoms with Crippen LogP contribution in [0.1, 0.15) is 19.8 Å². The highest BCUT2D eigenvalue weighted by atomic mass is 16.5. The highest BCUT2D eigenvalue weighted by Gasteiger charge is 2.31. The predicted molar refractivity (Wildman–Crippen MR) is 66.0 cm³/mol. The number of ether oxygens (including phenoxy) is 1. The lowest BCUT2D eigenvalue weighted by molar-refractivity contribution is -0.135. The second-order valence-electron chi connectivity index (χ2n) is 5.03. The number of piperidine rings is 1. The third kappa shape index (κ3) is 3.00. The van der Waals surface area contributed by atoms with Crippen molar-refractivity contribution in [1.82, 2.24) is 15.5 Å². The van der Waals surface area contributed by atoms with Crippen molar-refractivity contribution >= 4 is 11.8 Å². The highest BCUT2D eigenvalue weighted by molar-refractivity contribution is 5.83. The van der Waals surface area contributed by atoms with Crippen molar-refractivity contribution in [2.24, 2.45) is 0 Å². The Kier molecular flexibility index (Phi) is 4.19. The van der Waals surface area contributed by atoms with Gasteiger partial charge in [0.25, 0.3) is 0 Å². The van der Waals surface area contributed by atoms with Crippen molar-refractivity contribution in [2.45, 2.75) is 38.0 Å². The average molecular weight is 255 g/mol. The predicted octanol–water partition coefficient (Wildman–Crippen LogP) is -0.900. The summed E-state index contributed by atoms with van der Waals surface area (Å²) in [7, 11) is 1.77. The van der Waals surface area contributed by atoms with Gasteiger partial charge in [0.15, 0.2) is 0 Å². The van der Waals surface area contributed by atoms with Gasteiger partial charge in [0, 0.05) is 32.6 Å². The molecule has 2 amide bonds. The van der Waals surface area contributed by atoms with Crippen LogP contribution in [0, 0.1) is 0 Å². The number of carbonyl (C=O) groups excluding carboxylic acids is 2. The Morgan fingerprint density at radius 3 is 3.00 bits per heavy atom. The van der Waals surface area contributed by atoms with Crippen LogP contribution >= 0.6 is 0 Å². The number of rotatable bonds is 2. The van der Waals surface area contributed by atoms with Gasteiger partial charge < -0.3 is 20.3 Å². The molecule has 3 atom stereocenters. The SMILES string of the molecule is C[C@H]1OCCN[C@@H]1C(=O)NC1CCC(=O)N(C)C1. The smallest absolute Gasteiger partial charge is 0.240 e. The molecule has 0 saturated carbocycles. The van der Waals surface area contributed by atoms with Crippen LogP contribution in [-0.2, 0) is 14.3 Å². The first kappa shape index (κ1) is 13.3. The van der Waals surface area contributed by atoms with E-state index in [4.69, 9.17) is 4.74 Å². The van der Waals surface area contributed by atoms with Gasteiger partial charge in [-0.1, -0.05) is 0 Å². The van der Waals surface area contributed by atoms with Crippen LogP contribution in [0.5, 0.6) is 0 Å². The summed E-state index contributed by atoms with van der Waals surface area (Å²) in [5.74, 6) is 0.114. The average Bonchev–Trinajstić information content (AvgIpc) is 2.34. The lowest BCUT2D eigenvalue weighted by Gasteiger charge is -2.34. The third-order valence-electron chi connectivity index (χ3n) is 3.57. The zero-order valence-corrected chi connectivity index (χ0v) is 10.9. The van der Waals surface area contributed by atoms with Crippen LogP contribution in [0.4, 0.5) is 0 Å². The molecule has 0 radical (unpaired) electrons. The van der Waals surface area contributed by atoms with Crippen LogP contribution in [0.2, 0.25) is 0 Å². The number of amides is 2. The molecule has 0 aliphatic carbocycles. The summed E-state index contributed by atoms with van der Waals surface area (Å²) in [6.45, 7) is 3.83. The van der Waals surface area contributed by atoms with Crippen LogP contribution in [0.3, 0.4) is 0 Å². The summed E-state index contributed by atoms with van der Waals surface area (Å²) in [6, 6.07) is -0.238. The summed E-state index contributed by atoms with van der Waals surface area (Å²) in [5, 5.41) is 6.16. The molecule has 0 aromatic rings. The monoisotopic (exact) mass is 255 g/mol. The fourth-order valence-corrected chi connectivity index (χ4v) is 2.45. The van der Waals surface area contributed by atoms with Gasteiger partial charge in [-0.3, -0.25) is 9.59 Å². The summed E-state index contributed by atoms with van der Waals surface area (Å²) >= 11 is 0. The molecule has 1 unspecified atom stereocenters.